The molecule has 1 fully saturated rings. The summed E-state index contributed by atoms with van der Waals surface area (Å²) in [6.45, 7) is 6.46. The predicted molar refractivity (Wildman–Crippen MR) is 124 cm³/mol. The quantitative estimate of drug-likeness (QED) is 0.493. The van der Waals surface area contributed by atoms with Crippen molar-refractivity contribution in [2.45, 2.75) is 13.3 Å². The molecule has 32 heavy (non-hydrogen) atoms. The average molecular weight is 434 g/mol. The molecule has 0 amide bonds. The Morgan fingerprint density at radius 2 is 1.94 bits per heavy atom. The fraction of sp³-hybridized carbons (Fsp3) is 0.292. The third kappa shape index (κ3) is 5.60. The SMILES string of the molecule is Cc1cnc(Nc2cccc(CCN3CCOCC3)c2)nc1Nc1ccccc1C(=O)O. The highest BCUT2D eigenvalue weighted by molar-refractivity contribution is 5.95. The van der Waals surface area contributed by atoms with E-state index in [0.717, 1.165) is 50.5 Å². The summed E-state index contributed by atoms with van der Waals surface area (Å²) in [5.41, 5.74) is 3.63. The number of benzene rings is 2. The summed E-state index contributed by atoms with van der Waals surface area (Å²) in [5.74, 6) is 0.00274. The van der Waals surface area contributed by atoms with E-state index in [2.05, 4.69) is 37.6 Å². The number of carboxylic acid groups (broad SMARTS) is 1. The van der Waals surface area contributed by atoms with E-state index >= 15 is 0 Å². The number of carbonyl (C=O) groups is 1. The summed E-state index contributed by atoms with van der Waals surface area (Å²) in [7, 11) is 0. The van der Waals surface area contributed by atoms with Crippen molar-refractivity contribution in [1.29, 1.82) is 0 Å². The van der Waals surface area contributed by atoms with Crippen LogP contribution < -0.4 is 10.6 Å². The van der Waals surface area contributed by atoms with Crippen LogP contribution in [-0.2, 0) is 11.2 Å². The van der Waals surface area contributed by atoms with Crippen molar-refractivity contribution in [3.05, 3.63) is 71.4 Å². The van der Waals surface area contributed by atoms with Gasteiger partial charge in [-0.15, -0.1) is 0 Å². The maximum absolute atomic E-state index is 11.5. The minimum atomic E-state index is -0.993. The van der Waals surface area contributed by atoms with Gasteiger partial charge in [0.2, 0.25) is 5.95 Å². The fourth-order valence-corrected chi connectivity index (χ4v) is 3.58. The van der Waals surface area contributed by atoms with Gasteiger partial charge in [-0.3, -0.25) is 4.90 Å². The number of hydrogen-bond donors (Lipinski definition) is 3. The Morgan fingerprint density at radius 3 is 2.75 bits per heavy atom. The largest absolute Gasteiger partial charge is 0.478 e. The minimum Gasteiger partial charge on any atom is -0.478 e. The molecule has 0 bridgehead atoms. The molecule has 4 rings (SSSR count). The monoisotopic (exact) mass is 433 g/mol. The minimum absolute atomic E-state index is 0.188. The first-order valence-electron chi connectivity index (χ1n) is 10.7. The van der Waals surface area contributed by atoms with Crippen LogP contribution in [0.3, 0.4) is 0 Å². The molecule has 0 aliphatic carbocycles. The molecule has 1 aliphatic heterocycles. The zero-order valence-electron chi connectivity index (χ0n) is 18.0. The average Bonchev–Trinajstić information content (AvgIpc) is 2.81. The van der Waals surface area contributed by atoms with Crippen molar-refractivity contribution < 1.29 is 14.6 Å². The molecule has 3 aromatic rings. The van der Waals surface area contributed by atoms with Crippen molar-refractivity contribution >= 4 is 29.1 Å². The maximum atomic E-state index is 11.5. The molecule has 8 heteroatoms. The lowest BCUT2D eigenvalue weighted by Crippen LogP contribution is -2.37. The van der Waals surface area contributed by atoms with Gasteiger partial charge < -0.3 is 20.5 Å². The number of rotatable bonds is 8. The van der Waals surface area contributed by atoms with E-state index in [1.165, 1.54) is 5.56 Å². The smallest absolute Gasteiger partial charge is 0.337 e. The molecule has 3 N–H and O–H groups in total. The standard InChI is InChI=1S/C24H27N5O3/c1-17-16-25-24(28-22(17)27-21-8-3-2-7-20(21)23(30)31)26-19-6-4-5-18(15-19)9-10-29-11-13-32-14-12-29/h2-8,15-16H,9-14H2,1H3,(H,30,31)(H2,25,26,27,28). The van der Waals surface area contributed by atoms with Gasteiger partial charge in [-0.25, -0.2) is 9.78 Å². The number of aryl methyl sites for hydroxylation is 1. The van der Waals surface area contributed by atoms with Crippen molar-refractivity contribution in [2.24, 2.45) is 0 Å². The Bertz CT molecular complexity index is 1080. The van der Waals surface area contributed by atoms with E-state index in [1.54, 1.807) is 30.5 Å². The number of morpholine rings is 1. The number of ether oxygens (including phenoxy) is 1. The topological polar surface area (TPSA) is 99.6 Å². The summed E-state index contributed by atoms with van der Waals surface area (Å²) < 4.78 is 5.41. The second-order valence-corrected chi connectivity index (χ2v) is 7.73. The Hall–Kier alpha value is -3.49. The van der Waals surface area contributed by atoms with E-state index in [0.29, 0.717) is 17.5 Å². The van der Waals surface area contributed by atoms with E-state index in [4.69, 9.17) is 4.74 Å². The lowest BCUT2D eigenvalue weighted by atomic mass is 10.1. The zero-order chi connectivity index (χ0) is 22.3. The van der Waals surface area contributed by atoms with Crippen LogP contribution >= 0.6 is 0 Å². The molecule has 166 valence electrons. The number of anilines is 4. The van der Waals surface area contributed by atoms with Crippen molar-refractivity contribution in [3.63, 3.8) is 0 Å². The lowest BCUT2D eigenvalue weighted by molar-refractivity contribution is 0.0384. The Labute approximate surface area is 187 Å². The number of hydrogen-bond acceptors (Lipinski definition) is 7. The van der Waals surface area contributed by atoms with Gasteiger partial charge in [0.1, 0.15) is 5.82 Å². The molecule has 0 radical (unpaired) electrons. The first kappa shape index (κ1) is 21.7. The fourth-order valence-electron chi connectivity index (χ4n) is 3.58. The second kappa shape index (κ2) is 10.2. The Balaban J connectivity index is 1.45. The van der Waals surface area contributed by atoms with Crippen LogP contribution in [0.15, 0.2) is 54.7 Å². The van der Waals surface area contributed by atoms with E-state index in [1.807, 2.05) is 19.1 Å². The number of aromatic nitrogens is 2. The summed E-state index contributed by atoms with van der Waals surface area (Å²) in [5, 5.41) is 15.8. The number of nitrogens with zero attached hydrogens (tertiary/aromatic N) is 3. The number of nitrogens with one attached hydrogen (secondary N) is 2. The molecule has 2 heterocycles. The molecule has 1 aliphatic rings. The highest BCUT2D eigenvalue weighted by Crippen LogP contribution is 2.24. The molecule has 0 atom stereocenters. The Kier molecular flexibility index (Phi) is 6.94. The van der Waals surface area contributed by atoms with Gasteiger partial charge in [0.15, 0.2) is 0 Å². The van der Waals surface area contributed by atoms with Crippen molar-refractivity contribution in [1.82, 2.24) is 14.9 Å². The highest BCUT2D eigenvalue weighted by atomic mass is 16.5. The van der Waals surface area contributed by atoms with Gasteiger partial charge >= 0.3 is 5.97 Å². The molecular weight excluding hydrogens is 406 g/mol. The Morgan fingerprint density at radius 1 is 1.12 bits per heavy atom. The third-order valence-corrected chi connectivity index (χ3v) is 5.39. The van der Waals surface area contributed by atoms with Gasteiger partial charge in [0, 0.05) is 37.1 Å². The van der Waals surface area contributed by atoms with Crippen LogP contribution in [-0.4, -0.2) is 58.8 Å². The normalized spacial score (nSPS) is 14.2. The molecule has 1 aromatic heterocycles. The predicted octanol–water partition coefficient (Wildman–Crippen LogP) is 3.85. The summed E-state index contributed by atoms with van der Waals surface area (Å²) >= 11 is 0. The maximum Gasteiger partial charge on any atom is 0.337 e. The van der Waals surface area contributed by atoms with E-state index in [-0.39, 0.29) is 5.56 Å². The van der Waals surface area contributed by atoms with E-state index in [9.17, 15) is 9.90 Å². The van der Waals surface area contributed by atoms with Gasteiger partial charge in [-0.2, -0.15) is 4.98 Å². The summed E-state index contributed by atoms with van der Waals surface area (Å²) in [4.78, 5) is 22.9. The van der Waals surface area contributed by atoms with Gasteiger partial charge in [-0.1, -0.05) is 24.3 Å². The van der Waals surface area contributed by atoms with Crippen LogP contribution in [0.2, 0.25) is 0 Å². The summed E-state index contributed by atoms with van der Waals surface area (Å²) in [6.07, 6.45) is 2.67. The summed E-state index contributed by atoms with van der Waals surface area (Å²) in [6, 6.07) is 15.0. The van der Waals surface area contributed by atoms with Crippen LogP contribution in [0.1, 0.15) is 21.5 Å². The molecule has 1 saturated heterocycles. The molecule has 2 aromatic carbocycles. The number of aromatic carboxylic acids is 1. The first-order chi connectivity index (χ1) is 15.6. The van der Waals surface area contributed by atoms with Crippen LogP contribution in [0.25, 0.3) is 0 Å². The molecule has 8 nitrogen and oxygen atoms in total. The number of carboxylic acids is 1. The lowest BCUT2D eigenvalue weighted by Gasteiger charge is -2.26. The van der Waals surface area contributed by atoms with Crippen LogP contribution in [0.5, 0.6) is 0 Å². The molecule has 0 unspecified atom stereocenters. The van der Waals surface area contributed by atoms with Crippen molar-refractivity contribution in [3.8, 4) is 0 Å². The first-order valence-corrected chi connectivity index (χ1v) is 10.7. The van der Waals surface area contributed by atoms with Gasteiger partial charge in [0.25, 0.3) is 0 Å². The van der Waals surface area contributed by atoms with Crippen LogP contribution in [0, 0.1) is 6.92 Å². The zero-order valence-corrected chi connectivity index (χ0v) is 18.0. The number of para-hydroxylation sites is 1. The van der Waals surface area contributed by atoms with Gasteiger partial charge in [-0.05, 0) is 43.2 Å². The molecule has 0 spiro atoms. The molecule has 0 saturated carbocycles. The van der Waals surface area contributed by atoms with Crippen molar-refractivity contribution in [2.75, 3.05) is 43.5 Å². The highest BCUT2D eigenvalue weighted by Gasteiger charge is 2.12. The second-order valence-electron chi connectivity index (χ2n) is 7.73. The van der Waals surface area contributed by atoms with Gasteiger partial charge in [0.05, 0.1) is 24.5 Å². The molecular formula is C24H27N5O3. The van der Waals surface area contributed by atoms with E-state index < -0.39 is 5.97 Å². The van der Waals surface area contributed by atoms with Crippen LogP contribution in [0.4, 0.5) is 23.1 Å². The third-order valence-electron chi connectivity index (χ3n) is 5.39.